The number of nitrogens with zero attached hydrogens (tertiary/aromatic N) is 1. The molecule has 9 heteroatoms. The van der Waals surface area contributed by atoms with Crippen LogP contribution in [-0.4, -0.2) is 27.6 Å². The van der Waals surface area contributed by atoms with Gasteiger partial charge in [-0.05, 0) is 41.5 Å². The summed E-state index contributed by atoms with van der Waals surface area (Å²) in [6.07, 6.45) is 1.25. The lowest BCUT2D eigenvalue weighted by Gasteiger charge is -2.10. The maximum Gasteiger partial charge on any atom is 0.417 e. The summed E-state index contributed by atoms with van der Waals surface area (Å²) in [6, 6.07) is 11.1. The number of sulfone groups is 1. The lowest BCUT2D eigenvalue weighted by Crippen LogP contribution is -2.07. The molecule has 0 saturated carbocycles. The van der Waals surface area contributed by atoms with Crippen molar-refractivity contribution in [3.05, 3.63) is 63.0 Å². The van der Waals surface area contributed by atoms with Crippen molar-refractivity contribution < 1.29 is 22.3 Å². The van der Waals surface area contributed by atoms with E-state index in [0.717, 1.165) is 0 Å². The van der Waals surface area contributed by atoms with Crippen molar-refractivity contribution in [3.8, 4) is 17.6 Å². The predicted molar refractivity (Wildman–Crippen MR) is 103 cm³/mol. The summed E-state index contributed by atoms with van der Waals surface area (Å²) in [5, 5.41) is 9.38. The van der Waals surface area contributed by atoms with Gasteiger partial charge in [0.25, 0.3) is 0 Å². The van der Waals surface area contributed by atoms with E-state index in [1.807, 2.05) is 0 Å². The summed E-state index contributed by atoms with van der Waals surface area (Å²) in [5.74, 6) is -0.121. The molecule has 0 fully saturated rings. The molecule has 1 N–H and O–H groups in total. The quantitative estimate of drug-likeness (QED) is 0.631. The highest BCUT2D eigenvalue weighted by Gasteiger charge is 2.20. The highest BCUT2D eigenvalue weighted by Crippen LogP contribution is 2.29. The van der Waals surface area contributed by atoms with Crippen molar-refractivity contribution >= 4 is 27.0 Å². The average molecular weight is 400 g/mol. The monoisotopic (exact) mass is 400 g/mol. The van der Waals surface area contributed by atoms with Crippen LogP contribution in [0, 0.1) is 11.3 Å². The second-order valence-corrected chi connectivity index (χ2v) is 7.80. The fourth-order valence-electron chi connectivity index (χ4n) is 2.67. The van der Waals surface area contributed by atoms with Gasteiger partial charge in [0.05, 0.1) is 25.5 Å². The zero-order valence-electron chi connectivity index (χ0n) is 15.1. The predicted octanol–water partition coefficient (Wildman–Crippen LogP) is 2.62. The molecule has 0 saturated heterocycles. The van der Waals surface area contributed by atoms with Gasteiger partial charge in [-0.3, -0.25) is 4.98 Å². The summed E-state index contributed by atoms with van der Waals surface area (Å²) in [5.41, 5.74) is 1.65. The highest BCUT2D eigenvalue weighted by molar-refractivity contribution is 7.95. The minimum absolute atomic E-state index is 0.342. The number of oxazole rings is 1. The largest absolute Gasteiger partial charge is 0.493 e. The molecule has 3 aromatic rings. The normalized spacial score (nSPS) is 12.0. The van der Waals surface area contributed by atoms with E-state index in [-0.39, 0.29) is 5.75 Å². The van der Waals surface area contributed by atoms with Gasteiger partial charge in [-0.25, -0.2) is 13.2 Å². The van der Waals surface area contributed by atoms with Crippen LogP contribution < -0.4 is 15.2 Å². The van der Waals surface area contributed by atoms with Crippen molar-refractivity contribution in [2.45, 2.75) is 5.75 Å². The van der Waals surface area contributed by atoms with E-state index >= 15 is 0 Å². The number of fused-ring (bicyclic) bond motifs is 1. The molecule has 0 aliphatic carbocycles. The minimum atomic E-state index is -3.91. The number of benzene rings is 2. The third-order valence-electron chi connectivity index (χ3n) is 3.99. The van der Waals surface area contributed by atoms with Gasteiger partial charge in [0.2, 0.25) is 0 Å². The number of nitriles is 1. The second kappa shape index (κ2) is 7.62. The van der Waals surface area contributed by atoms with Gasteiger partial charge in [0, 0.05) is 0 Å². The molecule has 0 bridgehead atoms. The molecule has 0 radical (unpaired) electrons. The van der Waals surface area contributed by atoms with Gasteiger partial charge in [-0.1, -0.05) is 12.1 Å². The molecule has 0 aliphatic heterocycles. The minimum Gasteiger partial charge on any atom is -0.493 e. The SMILES string of the molecule is COc1ccc(CS(=O)(=O)/C(C#N)=C/c2ccc3oc(=O)[nH]c3c2)cc1OC. The molecule has 3 rings (SSSR count). The Morgan fingerprint density at radius 3 is 2.61 bits per heavy atom. The van der Waals surface area contributed by atoms with Gasteiger partial charge >= 0.3 is 5.76 Å². The Labute approximate surface area is 160 Å². The Kier molecular flexibility index (Phi) is 5.24. The first-order valence-corrected chi connectivity index (χ1v) is 9.70. The number of hydrogen-bond acceptors (Lipinski definition) is 7. The van der Waals surface area contributed by atoms with Crippen molar-refractivity contribution in [2.75, 3.05) is 14.2 Å². The second-order valence-electron chi connectivity index (χ2n) is 5.84. The van der Waals surface area contributed by atoms with Gasteiger partial charge < -0.3 is 13.9 Å². The summed E-state index contributed by atoms with van der Waals surface area (Å²) < 4.78 is 40.7. The number of rotatable bonds is 6. The third-order valence-corrected chi connectivity index (χ3v) is 5.58. The maximum absolute atomic E-state index is 12.7. The summed E-state index contributed by atoms with van der Waals surface area (Å²) >= 11 is 0. The number of hydrogen-bond donors (Lipinski definition) is 1. The van der Waals surface area contributed by atoms with Crippen LogP contribution in [0.5, 0.6) is 11.5 Å². The Morgan fingerprint density at radius 1 is 1.18 bits per heavy atom. The van der Waals surface area contributed by atoms with Gasteiger partial charge in [-0.2, -0.15) is 5.26 Å². The van der Waals surface area contributed by atoms with Crippen molar-refractivity contribution in [2.24, 2.45) is 0 Å². The van der Waals surface area contributed by atoms with E-state index in [9.17, 15) is 18.5 Å². The van der Waals surface area contributed by atoms with Crippen molar-refractivity contribution in [1.29, 1.82) is 5.26 Å². The molecule has 28 heavy (non-hydrogen) atoms. The van der Waals surface area contributed by atoms with E-state index in [1.165, 1.54) is 32.4 Å². The smallest absolute Gasteiger partial charge is 0.417 e. The molecule has 2 aromatic carbocycles. The van der Waals surface area contributed by atoms with E-state index in [4.69, 9.17) is 13.9 Å². The fourth-order valence-corrected chi connectivity index (χ4v) is 3.90. The van der Waals surface area contributed by atoms with Gasteiger partial charge in [0.1, 0.15) is 11.0 Å². The molecule has 8 nitrogen and oxygen atoms in total. The van der Waals surface area contributed by atoms with Crippen LogP contribution in [0.15, 0.2) is 50.5 Å². The third kappa shape index (κ3) is 3.92. The maximum atomic E-state index is 12.7. The Balaban J connectivity index is 1.94. The molecule has 0 amide bonds. The van der Waals surface area contributed by atoms with Crippen molar-refractivity contribution in [1.82, 2.24) is 4.98 Å². The summed E-state index contributed by atoms with van der Waals surface area (Å²) in [6.45, 7) is 0. The van der Waals surface area contributed by atoms with E-state index < -0.39 is 20.5 Å². The summed E-state index contributed by atoms with van der Waals surface area (Å²) in [4.78, 5) is 13.3. The molecular formula is C19H16N2O6S. The van der Waals surface area contributed by atoms with E-state index in [1.54, 1.807) is 30.3 Å². The van der Waals surface area contributed by atoms with Crippen LogP contribution in [0.1, 0.15) is 11.1 Å². The number of allylic oxidation sites excluding steroid dienone is 1. The highest BCUT2D eigenvalue weighted by atomic mass is 32.2. The lowest BCUT2D eigenvalue weighted by atomic mass is 10.2. The fraction of sp³-hybridized carbons (Fsp3) is 0.158. The molecule has 0 unspecified atom stereocenters. The van der Waals surface area contributed by atoms with Crippen LogP contribution in [0.2, 0.25) is 0 Å². The number of methoxy groups -OCH3 is 2. The van der Waals surface area contributed by atoms with Crippen LogP contribution in [0.25, 0.3) is 17.2 Å². The topological polar surface area (TPSA) is 122 Å². The Hall–Kier alpha value is -3.51. The number of H-pyrrole nitrogens is 1. The summed E-state index contributed by atoms with van der Waals surface area (Å²) in [7, 11) is -0.976. The van der Waals surface area contributed by atoms with Crippen molar-refractivity contribution in [3.63, 3.8) is 0 Å². The first kappa shape index (κ1) is 19.3. The molecule has 0 aliphatic rings. The van der Waals surface area contributed by atoms with E-state index in [0.29, 0.717) is 33.7 Å². The molecule has 0 atom stereocenters. The molecule has 0 spiro atoms. The number of aromatic amines is 1. The zero-order valence-corrected chi connectivity index (χ0v) is 15.9. The number of aromatic nitrogens is 1. The molecule has 144 valence electrons. The van der Waals surface area contributed by atoms with Crippen LogP contribution in [0.3, 0.4) is 0 Å². The Bertz CT molecular complexity index is 1260. The Morgan fingerprint density at radius 2 is 1.93 bits per heavy atom. The number of nitrogens with one attached hydrogen (secondary N) is 1. The standard InChI is InChI=1S/C19H16N2O6S/c1-25-17-6-4-13(9-18(17)26-2)11-28(23,24)14(10-20)7-12-3-5-16-15(8-12)21-19(22)27-16/h3-9H,11H2,1-2H3,(H,21,22)/b14-7+. The first-order chi connectivity index (χ1) is 13.4. The molecule has 1 aromatic heterocycles. The molecule has 1 heterocycles. The van der Waals surface area contributed by atoms with Crippen LogP contribution >= 0.6 is 0 Å². The van der Waals surface area contributed by atoms with Gasteiger partial charge in [0.15, 0.2) is 26.9 Å². The number of ether oxygens (including phenoxy) is 2. The first-order valence-electron chi connectivity index (χ1n) is 8.04. The van der Waals surface area contributed by atoms with Crippen LogP contribution in [0.4, 0.5) is 0 Å². The van der Waals surface area contributed by atoms with Crippen LogP contribution in [-0.2, 0) is 15.6 Å². The zero-order chi connectivity index (χ0) is 20.3. The van der Waals surface area contributed by atoms with E-state index in [2.05, 4.69) is 4.98 Å². The van der Waals surface area contributed by atoms with Gasteiger partial charge in [-0.15, -0.1) is 0 Å². The molecular weight excluding hydrogens is 384 g/mol. The average Bonchev–Trinajstić information content (AvgIpc) is 3.04. The lowest BCUT2D eigenvalue weighted by molar-refractivity contribution is 0.354.